The molecule has 2 unspecified atom stereocenters. The van der Waals surface area contributed by atoms with Gasteiger partial charge in [-0.25, -0.2) is 0 Å². The van der Waals surface area contributed by atoms with E-state index < -0.39 is 6.04 Å². The zero-order valence-corrected chi connectivity index (χ0v) is 14.9. The van der Waals surface area contributed by atoms with Crippen molar-refractivity contribution in [3.05, 3.63) is 59.2 Å². The molecule has 1 aromatic heterocycles. The second-order valence-electron chi connectivity index (χ2n) is 6.62. The number of nitrogens with zero attached hydrogens (tertiary/aromatic N) is 2. The Morgan fingerprint density at radius 3 is 2.92 bits per heavy atom. The number of aromatic amines is 1. The number of nitrogens with one attached hydrogen (secondary N) is 2. The Balaban J connectivity index is 1.39. The minimum atomic E-state index is -0.659. The van der Waals surface area contributed by atoms with Gasteiger partial charge in [0.2, 0.25) is 5.91 Å². The molecule has 1 aliphatic rings. The van der Waals surface area contributed by atoms with E-state index >= 15 is 0 Å². The van der Waals surface area contributed by atoms with Gasteiger partial charge in [0.25, 0.3) is 0 Å². The summed E-state index contributed by atoms with van der Waals surface area (Å²) in [5.41, 5.74) is 8.97. The zero-order chi connectivity index (χ0) is 18.1. The molecule has 0 radical (unpaired) electrons. The number of hydrogen-bond donors (Lipinski definition) is 3. The van der Waals surface area contributed by atoms with Gasteiger partial charge in [-0.05, 0) is 42.3 Å². The Hall–Kier alpha value is -2.57. The van der Waals surface area contributed by atoms with E-state index in [1.807, 2.05) is 17.0 Å². The fourth-order valence-electron chi connectivity index (χ4n) is 3.36. The quantitative estimate of drug-likeness (QED) is 0.659. The Morgan fingerprint density at radius 2 is 2.12 bits per heavy atom. The number of rotatable bonds is 4. The fourth-order valence-corrected chi connectivity index (χ4v) is 3.48. The van der Waals surface area contributed by atoms with Gasteiger partial charge >= 0.3 is 0 Å². The van der Waals surface area contributed by atoms with Gasteiger partial charge in [-0.15, -0.1) is 0 Å². The highest BCUT2D eigenvalue weighted by atomic mass is 35.5. The number of H-pyrrole nitrogens is 1. The first-order valence-corrected chi connectivity index (χ1v) is 8.97. The lowest BCUT2D eigenvalue weighted by Gasteiger charge is -2.21. The van der Waals surface area contributed by atoms with Crippen molar-refractivity contribution in [2.45, 2.75) is 18.5 Å². The number of amides is 1. The minimum absolute atomic E-state index is 0.0538. The van der Waals surface area contributed by atoms with Crippen molar-refractivity contribution in [3.8, 4) is 0 Å². The summed E-state index contributed by atoms with van der Waals surface area (Å²) in [5.74, 6) is -0.0538. The molecule has 1 fully saturated rings. The fraction of sp³-hybridized carbons (Fsp3) is 0.263. The van der Waals surface area contributed by atoms with Crippen molar-refractivity contribution in [3.63, 3.8) is 0 Å². The van der Waals surface area contributed by atoms with Crippen LogP contribution in [0, 0.1) is 0 Å². The summed E-state index contributed by atoms with van der Waals surface area (Å²) in [4.78, 5) is 14.5. The Morgan fingerprint density at radius 1 is 1.31 bits per heavy atom. The molecule has 1 amide bonds. The van der Waals surface area contributed by atoms with Gasteiger partial charge in [-0.3, -0.25) is 9.89 Å². The molecule has 0 aliphatic carbocycles. The van der Waals surface area contributed by atoms with E-state index in [-0.39, 0.29) is 11.9 Å². The predicted molar refractivity (Wildman–Crippen MR) is 103 cm³/mol. The van der Waals surface area contributed by atoms with Crippen LogP contribution in [0.15, 0.2) is 48.7 Å². The van der Waals surface area contributed by atoms with Crippen molar-refractivity contribution < 1.29 is 4.79 Å². The Kier molecular flexibility index (Phi) is 4.53. The summed E-state index contributed by atoms with van der Waals surface area (Å²) in [5, 5.41) is 12.2. The van der Waals surface area contributed by atoms with Crippen molar-refractivity contribution in [1.29, 1.82) is 0 Å². The highest BCUT2D eigenvalue weighted by Gasteiger charge is 2.30. The topological polar surface area (TPSA) is 87.0 Å². The van der Waals surface area contributed by atoms with E-state index in [2.05, 4.69) is 21.6 Å². The molecular formula is C19H20ClN5O. The van der Waals surface area contributed by atoms with Crippen molar-refractivity contribution in [2.75, 3.05) is 18.4 Å². The number of carbonyl (C=O) groups is 1. The molecule has 2 aromatic carbocycles. The van der Waals surface area contributed by atoms with Crippen LogP contribution in [-0.4, -0.2) is 40.1 Å². The van der Waals surface area contributed by atoms with E-state index in [0.29, 0.717) is 18.1 Å². The number of halogens is 1. The zero-order valence-electron chi connectivity index (χ0n) is 14.2. The smallest absolute Gasteiger partial charge is 0.244 e. The van der Waals surface area contributed by atoms with E-state index in [9.17, 15) is 4.79 Å². The van der Waals surface area contributed by atoms with Gasteiger partial charge in [0, 0.05) is 35.2 Å². The monoisotopic (exact) mass is 369 g/mol. The average Bonchev–Trinajstić information content (AvgIpc) is 3.30. The molecule has 4 N–H and O–H groups in total. The van der Waals surface area contributed by atoms with Crippen LogP contribution in [-0.2, 0) is 4.79 Å². The van der Waals surface area contributed by atoms with Crippen LogP contribution < -0.4 is 11.1 Å². The lowest BCUT2D eigenvalue weighted by atomic mass is 10.1. The van der Waals surface area contributed by atoms with Gasteiger partial charge in [-0.1, -0.05) is 23.7 Å². The maximum atomic E-state index is 12.7. The first-order valence-electron chi connectivity index (χ1n) is 8.59. The maximum Gasteiger partial charge on any atom is 0.244 e. The highest BCUT2D eigenvalue weighted by Crippen LogP contribution is 2.23. The van der Waals surface area contributed by atoms with E-state index in [0.717, 1.165) is 28.6 Å². The van der Waals surface area contributed by atoms with Crippen LogP contribution in [0.1, 0.15) is 18.0 Å². The molecule has 1 saturated heterocycles. The van der Waals surface area contributed by atoms with E-state index in [1.165, 1.54) is 0 Å². The van der Waals surface area contributed by atoms with Crippen LogP contribution in [0.4, 0.5) is 5.69 Å². The van der Waals surface area contributed by atoms with Crippen LogP contribution in [0.5, 0.6) is 0 Å². The third-order valence-electron chi connectivity index (χ3n) is 4.81. The Bertz CT molecular complexity index is 923. The predicted octanol–water partition coefficient (Wildman–Crippen LogP) is 2.93. The number of carbonyl (C=O) groups excluding carboxylic acids is 1. The lowest BCUT2D eigenvalue weighted by Crippen LogP contribution is -2.38. The van der Waals surface area contributed by atoms with Crippen molar-refractivity contribution in [2.24, 2.45) is 5.73 Å². The summed E-state index contributed by atoms with van der Waals surface area (Å²) in [7, 11) is 0. The van der Waals surface area contributed by atoms with Crippen LogP contribution in [0.25, 0.3) is 10.9 Å². The van der Waals surface area contributed by atoms with Gasteiger partial charge in [0.05, 0.1) is 11.7 Å². The van der Waals surface area contributed by atoms with E-state index in [4.69, 9.17) is 17.3 Å². The molecule has 2 atom stereocenters. The molecule has 0 bridgehead atoms. The lowest BCUT2D eigenvalue weighted by molar-refractivity contribution is -0.131. The molecule has 0 saturated carbocycles. The number of likely N-dealkylation sites (tertiary alicyclic amines) is 1. The third kappa shape index (κ3) is 3.38. The SMILES string of the molecule is NC(C(=O)N1CCC(Nc2ccc3[nH]ncc3c2)C1)c1ccc(Cl)cc1. The van der Waals surface area contributed by atoms with E-state index in [1.54, 1.807) is 30.5 Å². The standard InChI is InChI=1S/C19H20ClN5O/c20-14-3-1-12(2-4-14)18(21)19(26)25-8-7-16(11-25)23-15-5-6-17-13(9-15)10-22-24-17/h1-6,9-10,16,18,23H,7-8,11,21H2,(H,22,24). The number of anilines is 1. The molecule has 1 aliphatic heterocycles. The van der Waals surface area contributed by atoms with Crippen LogP contribution >= 0.6 is 11.6 Å². The van der Waals surface area contributed by atoms with Gasteiger partial charge < -0.3 is 16.0 Å². The maximum absolute atomic E-state index is 12.7. The van der Waals surface area contributed by atoms with Crippen molar-refractivity contribution in [1.82, 2.24) is 15.1 Å². The first-order chi connectivity index (χ1) is 12.6. The molecule has 0 spiro atoms. The molecule has 3 aromatic rings. The third-order valence-corrected chi connectivity index (χ3v) is 5.06. The van der Waals surface area contributed by atoms with Gasteiger partial charge in [-0.2, -0.15) is 5.10 Å². The molecule has 4 rings (SSSR count). The number of benzene rings is 2. The average molecular weight is 370 g/mol. The number of fused-ring (bicyclic) bond motifs is 1. The number of aromatic nitrogens is 2. The number of hydrogen-bond acceptors (Lipinski definition) is 4. The van der Waals surface area contributed by atoms with Crippen molar-refractivity contribution >= 4 is 34.1 Å². The minimum Gasteiger partial charge on any atom is -0.380 e. The molecule has 2 heterocycles. The molecule has 6 nitrogen and oxygen atoms in total. The Labute approximate surface area is 156 Å². The second-order valence-corrected chi connectivity index (χ2v) is 7.05. The normalized spacial score (nSPS) is 18.2. The molecule has 26 heavy (non-hydrogen) atoms. The summed E-state index contributed by atoms with van der Waals surface area (Å²) in [6.45, 7) is 1.34. The summed E-state index contributed by atoms with van der Waals surface area (Å²) in [6.07, 6.45) is 2.69. The van der Waals surface area contributed by atoms with Gasteiger partial charge in [0.15, 0.2) is 0 Å². The second kappa shape index (κ2) is 6.97. The largest absolute Gasteiger partial charge is 0.380 e. The molecular weight excluding hydrogens is 350 g/mol. The summed E-state index contributed by atoms with van der Waals surface area (Å²) >= 11 is 5.90. The summed E-state index contributed by atoms with van der Waals surface area (Å²) < 4.78 is 0. The number of nitrogens with two attached hydrogens (primary N) is 1. The molecule has 134 valence electrons. The highest BCUT2D eigenvalue weighted by molar-refractivity contribution is 6.30. The molecule has 7 heteroatoms. The van der Waals surface area contributed by atoms with Gasteiger partial charge in [0.1, 0.15) is 6.04 Å². The van der Waals surface area contributed by atoms with Crippen LogP contribution in [0.3, 0.4) is 0 Å². The first kappa shape index (κ1) is 16.9. The summed E-state index contributed by atoms with van der Waals surface area (Å²) in [6, 6.07) is 12.7. The van der Waals surface area contributed by atoms with Crippen LogP contribution in [0.2, 0.25) is 5.02 Å².